The van der Waals surface area contributed by atoms with E-state index in [0.29, 0.717) is 19.0 Å². The lowest BCUT2D eigenvalue weighted by Crippen LogP contribution is -2.63. The number of amides is 4. The quantitative estimate of drug-likeness (QED) is 0.760. The Kier molecular flexibility index (Phi) is 4.92. The number of hydrogen-bond acceptors (Lipinski definition) is 3. The number of fused-ring (bicyclic) bond motifs is 3. The molecule has 2 aromatic carbocycles. The normalized spacial score (nSPS) is 26.5. The molecule has 5 rings (SSSR count). The molecule has 4 amide bonds. The molecule has 0 bridgehead atoms. The van der Waals surface area contributed by atoms with Crippen molar-refractivity contribution in [2.24, 2.45) is 17.6 Å². The fourth-order valence-corrected chi connectivity index (χ4v) is 5.36. The molecule has 3 aliphatic rings. The molecule has 32 heavy (non-hydrogen) atoms. The summed E-state index contributed by atoms with van der Waals surface area (Å²) < 4.78 is 0. The number of carbonyl (C=O) groups excluding carboxylic acids is 3. The van der Waals surface area contributed by atoms with Crippen molar-refractivity contribution in [2.45, 2.75) is 37.8 Å². The fourth-order valence-electron chi connectivity index (χ4n) is 5.36. The minimum atomic E-state index is -1.18. The van der Waals surface area contributed by atoms with Crippen LogP contribution in [0.3, 0.4) is 0 Å². The molecule has 3 atom stereocenters. The van der Waals surface area contributed by atoms with Gasteiger partial charge in [0, 0.05) is 31.2 Å². The molecule has 2 heterocycles. The Labute approximate surface area is 187 Å². The van der Waals surface area contributed by atoms with Crippen LogP contribution in [0.2, 0.25) is 0 Å². The Hall–Kier alpha value is -3.35. The van der Waals surface area contributed by atoms with Gasteiger partial charge < -0.3 is 20.9 Å². The van der Waals surface area contributed by atoms with E-state index in [1.807, 2.05) is 59.5 Å². The SMILES string of the molecule is C[C@@]12C(=O)N(CC3CC3)c3ccccc3[C@@H]1[C@@H](C(N)=O)CN2C(=O)NCc1ccccc1. The summed E-state index contributed by atoms with van der Waals surface area (Å²) in [6.07, 6.45) is 2.22. The molecule has 0 spiro atoms. The molecule has 0 radical (unpaired) electrons. The molecule has 0 aromatic heterocycles. The number of likely N-dealkylation sites (tertiary alicyclic amines) is 1. The maximum Gasteiger partial charge on any atom is 0.318 e. The van der Waals surface area contributed by atoms with Crippen molar-refractivity contribution in [2.75, 3.05) is 18.0 Å². The molecule has 1 saturated heterocycles. The lowest BCUT2D eigenvalue weighted by atomic mass is 9.72. The van der Waals surface area contributed by atoms with Gasteiger partial charge in [-0.3, -0.25) is 9.59 Å². The molecule has 2 aliphatic heterocycles. The third-order valence-electron chi connectivity index (χ3n) is 7.22. The Morgan fingerprint density at radius 2 is 1.78 bits per heavy atom. The van der Waals surface area contributed by atoms with E-state index in [9.17, 15) is 14.4 Å². The van der Waals surface area contributed by atoms with Gasteiger partial charge in [0.2, 0.25) is 5.91 Å². The summed E-state index contributed by atoms with van der Waals surface area (Å²) in [5.41, 5.74) is 7.33. The Morgan fingerprint density at radius 3 is 2.47 bits per heavy atom. The smallest absolute Gasteiger partial charge is 0.318 e. The van der Waals surface area contributed by atoms with Crippen molar-refractivity contribution < 1.29 is 14.4 Å². The van der Waals surface area contributed by atoms with Crippen LogP contribution in [-0.2, 0) is 16.1 Å². The highest BCUT2D eigenvalue weighted by atomic mass is 16.2. The van der Waals surface area contributed by atoms with E-state index in [1.54, 1.807) is 6.92 Å². The molecular formula is C25H28N4O3. The lowest BCUT2D eigenvalue weighted by molar-refractivity contribution is -0.128. The predicted octanol–water partition coefficient (Wildman–Crippen LogP) is 2.61. The van der Waals surface area contributed by atoms with Gasteiger partial charge in [-0.15, -0.1) is 0 Å². The highest BCUT2D eigenvalue weighted by Gasteiger charge is 2.63. The first-order valence-electron chi connectivity index (χ1n) is 11.2. The van der Waals surface area contributed by atoms with Crippen LogP contribution >= 0.6 is 0 Å². The summed E-state index contributed by atoms with van der Waals surface area (Å²) in [6.45, 7) is 2.89. The van der Waals surface area contributed by atoms with Crippen LogP contribution in [0.1, 0.15) is 36.8 Å². The third-order valence-corrected chi connectivity index (χ3v) is 7.22. The lowest BCUT2D eigenvalue weighted by Gasteiger charge is -2.46. The van der Waals surface area contributed by atoms with Crippen LogP contribution in [0.25, 0.3) is 0 Å². The van der Waals surface area contributed by atoms with E-state index in [4.69, 9.17) is 5.73 Å². The summed E-state index contributed by atoms with van der Waals surface area (Å²) in [6, 6.07) is 17.0. The zero-order valence-corrected chi connectivity index (χ0v) is 18.2. The van der Waals surface area contributed by atoms with Crippen LogP contribution in [0.5, 0.6) is 0 Å². The number of benzene rings is 2. The van der Waals surface area contributed by atoms with Gasteiger partial charge >= 0.3 is 6.03 Å². The van der Waals surface area contributed by atoms with Gasteiger partial charge in [-0.05, 0) is 42.9 Å². The van der Waals surface area contributed by atoms with Crippen molar-refractivity contribution in [1.29, 1.82) is 0 Å². The Morgan fingerprint density at radius 1 is 1.09 bits per heavy atom. The number of anilines is 1. The van der Waals surface area contributed by atoms with Gasteiger partial charge in [0.1, 0.15) is 5.54 Å². The van der Waals surface area contributed by atoms with Gasteiger partial charge in [-0.2, -0.15) is 0 Å². The fraction of sp³-hybridized carbons (Fsp3) is 0.400. The second-order valence-corrected chi connectivity index (χ2v) is 9.31. The largest absolute Gasteiger partial charge is 0.369 e. The molecule has 7 heteroatoms. The highest BCUT2D eigenvalue weighted by molar-refractivity contribution is 6.07. The predicted molar refractivity (Wildman–Crippen MR) is 121 cm³/mol. The number of rotatable bonds is 5. The minimum absolute atomic E-state index is 0.120. The van der Waals surface area contributed by atoms with Gasteiger partial charge in [0.05, 0.1) is 5.92 Å². The van der Waals surface area contributed by atoms with Crippen LogP contribution in [0.4, 0.5) is 10.5 Å². The second-order valence-electron chi connectivity index (χ2n) is 9.31. The average molecular weight is 433 g/mol. The molecule has 0 unspecified atom stereocenters. The topological polar surface area (TPSA) is 95.7 Å². The molecular weight excluding hydrogens is 404 g/mol. The van der Waals surface area contributed by atoms with Crippen molar-refractivity contribution >= 4 is 23.5 Å². The first-order chi connectivity index (χ1) is 15.4. The Bertz CT molecular complexity index is 1070. The number of nitrogens with two attached hydrogens (primary N) is 1. The van der Waals surface area contributed by atoms with E-state index in [2.05, 4.69) is 5.32 Å². The Balaban J connectivity index is 1.52. The number of primary amides is 1. The first-order valence-corrected chi connectivity index (χ1v) is 11.2. The van der Waals surface area contributed by atoms with Crippen LogP contribution < -0.4 is 16.0 Å². The maximum absolute atomic E-state index is 14.0. The minimum Gasteiger partial charge on any atom is -0.369 e. The molecule has 2 aromatic rings. The maximum atomic E-state index is 14.0. The molecule has 1 aliphatic carbocycles. The average Bonchev–Trinajstić information content (AvgIpc) is 3.56. The first kappa shape index (κ1) is 20.5. The molecule has 7 nitrogen and oxygen atoms in total. The van der Waals surface area contributed by atoms with E-state index < -0.39 is 23.3 Å². The summed E-state index contributed by atoms with van der Waals surface area (Å²) in [5.74, 6) is -1.23. The summed E-state index contributed by atoms with van der Waals surface area (Å²) in [7, 11) is 0. The monoisotopic (exact) mass is 432 g/mol. The second kappa shape index (κ2) is 7.65. The van der Waals surface area contributed by atoms with Crippen LogP contribution in [-0.4, -0.2) is 41.4 Å². The molecule has 166 valence electrons. The molecule has 2 fully saturated rings. The van der Waals surface area contributed by atoms with Gasteiger partial charge in [0.25, 0.3) is 5.91 Å². The van der Waals surface area contributed by atoms with Gasteiger partial charge in [-0.1, -0.05) is 48.5 Å². The highest BCUT2D eigenvalue weighted by Crippen LogP contribution is 2.53. The molecule has 3 N–H and O–H groups in total. The molecule has 1 saturated carbocycles. The zero-order valence-electron chi connectivity index (χ0n) is 18.2. The summed E-state index contributed by atoms with van der Waals surface area (Å²) in [5, 5.41) is 2.94. The van der Waals surface area contributed by atoms with E-state index >= 15 is 0 Å². The summed E-state index contributed by atoms with van der Waals surface area (Å²) >= 11 is 0. The van der Waals surface area contributed by atoms with Gasteiger partial charge in [0.15, 0.2) is 0 Å². The van der Waals surface area contributed by atoms with E-state index in [0.717, 1.165) is 29.7 Å². The number of para-hydroxylation sites is 1. The number of urea groups is 1. The van der Waals surface area contributed by atoms with Crippen LogP contribution in [0, 0.1) is 11.8 Å². The number of nitrogens with one attached hydrogen (secondary N) is 1. The van der Waals surface area contributed by atoms with E-state index in [1.165, 1.54) is 4.90 Å². The number of nitrogens with zero attached hydrogens (tertiary/aromatic N) is 2. The van der Waals surface area contributed by atoms with Crippen LogP contribution in [0.15, 0.2) is 54.6 Å². The van der Waals surface area contributed by atoms with Crippen molar-refractivity contribution in [3.05, 3.63) is 65.7 Å². The zero-order chi connectivity index (χ0) is 22.5. The number of carbonyl (C=O) groups is 3. The van der Waals surface area contributed by atoms with Gasteiger partial charge in [-0.25, -0.2) is 4.79 Å². The number of hydrogen-bond donors (Lipinski definition) is 2. The van der Waals surface area contributed by atoms with Crippen molar-refractivity contribution in [3.63, 3.8) is 0 Å². The third kappa shape index (κ3) is 3.23. The van der Waals surface area contributed by atoms with Crippen molar-refractivity contribution in [1.82, 2.24) is 10.2 Å². The standard InChI is InChI=1S/C25H28N4O3/c1-25-21(18-9-5-6-10-20(18)28(23(25)31)14-17-11-12-17)19(22(26)30)15-29(25)24(32)27-13-16-7-3-2-4-8-16/h2-10,17,19,21H,11-15H2,1H3,(H2,26,30)(H,27,32)/t19-,21+,25-/m0/s1. The summed E-state index contributed by atoms with van der Waals surface area (Å²) in [4.78, 5) is 43.1. The van der Waals surface area contributed by atoms with Crippen molar-refractivity contribution in [3.8, 4) is 0 Å². The van der Waals surface area contributed by atoms with E-state index in [-0.39, 0.29) is 18.5 Å².